The number of carbonyl (C=O) groups excluding carboxylic acids is 3. The fourth-order valence-electron chi connectivity index (χ4n) is 3.95. The maximum Gasteiger partial charge on any atom is 0.326 e. The average Bonchev–Trinajstić information content (AvgIpc) is 3.27. The summed E-state index contributed by atoms with van der Waals surface area (Å²) < 4.78 is 0. The number of amides is 3. The number of likely N-dealkylation sites (tertiary alicyclic amines) is 1. The molecule has 1 saturated heterocycles. The maximum atomic E-state index is 13.3. The van der Waals surface area contributed by atoms with Crippen molar-refractivity contribution in [3.8, 4) is 0 Å². The van der Waals surface area contributed by atoms with Crippen molar-refractivity contribution >= 4 is 35.6 Å². The van der Waals surface area contributed by atoms with Crippen molar-refractivity contribution in [3.05, 3.63) is 0 Å². The highest BCUT2D eigenvalue weighted by molar-refractivity contribution is 5.94. The predicted octanol–water partition coefficient (Wildman–Crippen LogP) is -1.68. The molecule has 1 fully saturated rings. The summed E-state index contributed by atoms with van der Waals surface area (Å²) in [5.74, 6) is -4.22. The number of carbonyl (C=O) groups is 5. The van der Waals surface area contributed by atoms with Crippen molar-refractivity contribution < 1.29 is 34.2 Å². The van der Waals surface area contributed by atoms with Gasteiger partial charge in [0.05, 0.1) is 6.04 Å². The van der Waals surface area contributed by atoms with E-state index in [4.69, 9.17) is 22.3 Å². The van der Waals surface area contributed by atoms with E-state index in [9.17, 15) is 29.1 Å². The SMILES string of the molecule is CC(C)CC(N)C(=O)NC(CCC(=O)O)C(=O)N1CCCC1C(=O)NC(CCCN=C(N)N)C(=O)O. The Morgan fingerprint density at radius 2 is 1.72 bits per heavy atom. The summed E-state index contributed by atoms with van der Waals surface area (Å²) in [6, 6.07) is -4.22. The molecule has 1 aliphatic rings. The molecule has 0 aromatic carbocycles. The lowest BCUT2D eigenvalue weighted by atomic mass is 10.0. The number of guanidine groups is 1. The topological polar surface area (TPSA) is 244 Å². The van der Waals surface area contributed by atoms with Crippen LogP contribution < -0.4 is 27.8 Å². The third-order valence-electron chi connectivity index (χ3n) is 5.72. The van der Waals surface area contributed by atoms with Crippen LogP contribution in [0.25, 0.3) is 0 Å². The summed E-state index contributed by atoms with van der Waals surface area (Å²) in [5, 5.41) is 23.6. The van der Waals surface area contributed by atoms with Gasteiger partial charge in [0.25, 0.3) is 0 Å². The van der Waals surface area contributed by atoms with Gasteiger partial charge in [0.2, 0.25) is 17.7 Å². The summed E-state index contributed by atoms with van der Waals surface area (Å²) in [6.45, 7) is 4.18. The zero-order valence-corrected chi connectivity index (χ0v) is 20.8. The highest BCUT2D eigenvalue weighted by atomic mass is 16.4. The van der Waals surface area contributed by atoms with E-state index >= 15 is 0 Å². The molecule has 0 aliphatic carbocycles. The van der Waals surface area contributed by atoms with Gasteiger partial charge in [-0.15, -0.1) is 0 Å². The van der Waals surface area contributed by atoms with Crippen LogP contribution in [0.2, 0.25) is 0 Å². The van der Waals surface area contributed by atoms with E-state index in [2.05, 4.69) is 15.6 Å². The van der Waals surface area contributed by atoms with Crippen molar-refractivity contribution in [2.75, 3.05) is 13.1 Å². The maximum absolute atomic E-state index is 13.3. The Morgan fingerprint density at radius 3 is 2.28 bits per heavy atom. The molecule has 4 unspecified atom stereocenters. The number of nitrogens with zero attached hydrogens (tertiary/aromatic N) is 2. The molecule has 1 rings (SSSR count). The van der Waals surface area contributed by atoms with Gasteiger partial charge in [0.15, 0.2) is 5.96 Å². The van der Waals surface area contributed by atoms with E-state index in [1.54, 1.807) is 0 Å². The first-order valence-electron chi connectivity index (χ1n) is 12.0. The molecule has 10 N–H and O–H groups in total. The lowest BCUT2D eigenvalue weighted by molar-refractivity contribution is -0.145. The standard InChI is InChI=1S/C22H39N7O7/c1-12(2)11-13(23)18(32)27-14(7-8-17(30)31)20(34)29-10-4-6-16(29)19(33)28-15(21(35)36)5-3-9-26-22(24)25/h12-16H,3-11,23H2,1-2H3,(H,27,32)(H,28,33)(H,30,31)(H,35,36)(H4,24,25,26). The number of hydrogen-bond acceptors (Lipinski definition) is 7. The van der Waals surface area contributed by atoms with Crippen LogP contribution in [0.5, 0.6) is 0 Å². The Bertz CT molecular complexity index is 830. The Kier molecular flexibility index (Phi) is 12.6. The van der Waals surface area contributed by atoms with E-state index in [1.165, 1.54) is 4.90 Å². The average molecular weight is 514 g/mol. The van der Waals surface area contributed by atoms with Crippen LogP contribution in [0.3, 0.4) is 0 Å². The third kappa shape index (κ3) is 10.5. The van der Waals surface area contributed by atoms with E-state index in [0.717, 1.165) is 0 Å². The van der Waals surface area contributed by atoms with Gasteiger partial charge in [-0.2, -0.15) is 0 Å². The molecule has 1 aliphatic heterocycles. The molecule has 0 aromatic rings. The fraction of sp³-hybridized carbons (Fsp3) is 0.727. The van der Waals surface area contributed by atoms with E-state index < -0.39 is 53.8 Å². The fourth-order valence-corrected chi connectivity index (χ4v) is 3.95. The molecular weight excluding hydrogens is 474 g/mol. The molecule has 204 valence electrons. The third-order valence-corrected chi connectivity index (χ3v) is 5.72. The zero-order chi connectivity index (χ0) is 27.4. The molecule has 0 saturated carbocycles. The van der Waals surface area contributed by atoms with Crippen molar-refractivity contribution in [1.29, 1.82) is 0 Å². The number of carboxylic acid groups (broad SMARTS) is 2. The van der Waals surface area contributed by atoms with Crippen molar-refractivity contribution in [3.63, 3.8) is 0 Å². The predicted molar refractivity (Wildman–Crippen MR) is 130 cm³/mol. The molecule has 1 heterocycles. The van der Waals surface area contributed by atoms with Gasteiger partial charge in [-0.3, -0.25) is 24.2 Å². The summed E-state index contributed by atoms with van der Waals surface area (Å²) in [6.07, 6.45) is 0.981. The number of rotatable bonds is 15. The van der Waals surface area contributed by atoms with Gasteiger partial charge >= 0.3 is 11.9 Å². The Morgan fingerprint density at radius 1 is 1.06 bits per heavy atom. The number of carboxylic acids is 2. The highest BCUT2D eigenvalue weighted by Gasteiger charge is 2.39. The van der Waals surface area contributed by atoms with Crippen LogP contribution in [-0.2, 0) is 24.0 Å². The van der Waals surface area contributed by atoms with E-state index in [1.807, 2.05) is 13.8 Å². The van der Waals surface area contributed by atoms with E-state index in [0.29, 0.717) is 25.7 Å². The number of aliphatic carboxylic acids is 2. The largest absolute Gasteiger partial charge is 0.481 e. The van der Waals surface area contributed by atoms with Crippen LogP contribution in [0.15, 0.2) is 4.99 Å². The molecule has 0 bridgehead atoms. The second-order valence-corrected chi connectivity index (χ2v) is 9.27. The quantitative estimate of drug-likeness (QED) is 0.0744. The van der Waals surface area contributed by atoms with Crippen LogP contribution in [0.1, 0.15) is 58.8 Å². The molecule has 0 aromatic heterocycles. The van der Waals surface area contributed by atoms with Gasteiger partial charge in [0.1, 0.15) is 18.1 Å². The van der Waals surface area contributed by atoms with E-state index in [-0.39, 0.29) is 44.2 Å². The Hall–Kier alpha value is -3.42. The second kappa shape index (κ2) is 14.9. The molecule has 36 heavy (non-hydrogen) atoms. The lowest BCUT2D eigenvalue weighted by Crippen LogP contribution is -2.57. The molecule has 0 spiro atoms. The number of nitrogens with two attached hydrogens (primary N) is 3. The first-order valence-corrected chi connectivity index (χ1v) is 12.0. The zero-order valence-electron chi connectivity index (χ0n) is 20.8. The lowest BCUT2D eigenvalue weighted by Gasteiger charge is -2.30. The molecule has 4 atom stereocenters. The van der Waals surface area contributed by atoms with Gasteiger partial charge in [0, 0.05) is 19.5 Å². The Labute approximate surface area is 210 Å². The number of nitrogens with one attached hydrogen (secondary N) is 2. The van der Waals surface area contributed by atoms with Gasteiger partial charge in [-0.05, 0) is 44.4 Å². The van der Waals surface area contributed by atoms with Gasteiger partial charge in [-0.25, -0.2) is 4.79 Å². The number of hydrogen-bond donors (Lipinski definition) is 7. The molecule has 14 heteroatoms. The minimum atomic E-state index is -1.24. The molecule has 0 radical (unpaired) electrons. The van der Waals surface area contributed by atoms with Gasteiger partial charge in [-0.1, -0.05) is 13.8 Å². The summed E-state index contributed by atoms with van der Waals surface area (Å²) in [4.78, 5) is 66.5. The minimum Gasteiger partial charge on any atom is -0.481 e. The number of aliphatic imine (C=N–C) groups is 1. The summed E-state index contributed by atoms with van der Waals surface area (Å²) in [7, 11) is 0. The van der Waals surface area contributed by atoms with Crippen LogP contribution in [0.4, 0.5) is 0 Å². The first kappa shape index (κ1) is 30.6. The summed E-state index contributed by atoms with van der Waals surface area (Å²) in [5.41, 5.74) is 16.4. The first-order chi connectivity index (χ1) is 16.8. The molecule has 14 nitrogen and oxygen atoms in total. The van der Waals surface area contributed by atoms with Crippen molar-refractivity contribution in [1.82, 2.24) is 15.5 Å². The molecule has 3 amide bonds. The van der Waals surface area contributed by atoms with Crippen molar-refractivity contribution in [2.45, 2.75) is 83.0 Å². The van der Waals surface area contributed by atoms with Crippen LogP contribution >= 0.6 is 0 Å². The highest BCUT2D eigenvalue weighted by Crippen LogP contribution is 2.20. The smallest absolute Gasteiger partial charge is 0.326 e. The van der Waals surface area contributed by atoms with Crippen LogP contribution in [-0.4, -0.2) is 88.0 Å². The van der Waals surface area contributed by atoms with Crippen molar-refractivity contribution in [2.24, 2.45) is 28.1 Å². The monoisotopic (exact) mass is 513 g/mol. The van der Waals surface area contributed by atoms with Crippen LogP contribution in [0, 0.1) is 5.92 Å². The Balaban J connectivity index is 2.92. The normalized spacial score (nSPS) is 17.7. The second-order valence-electron chi connectivity index (χ2n) is 9.27. The van der Waals surface area contributed by atoms with Gasteiger partial charge < -0.3 is 42.9 Å². The summed E-state index contributed by atoms with van der Waals surface area (Å²) >= 11 is 0. The molecular formula is C22H39N7O7. The minimum absolute atomic E-state index is 0.0730.